The lowest BCUT2D eigenvalue weighted by Crippen LogP contribution is -2.64. The van der Waals surface area contributed by atoms with E-state index in [1.54, 1.807) is 5.56 Å². The Bertz CT molecular complexity index is 2420. The van der Waals surface area contributed by atoms with Crippen LogP contribution in [0.15, 0.2) is 59.0 Å². The average Bonchev–Trinajstić information content (AvgIpc) is 3.55. The fourth-order valence-electron chi connectivity index (χ4n) is 12.1. The van der Waals surface area contributed by atoms with Gasteiger partial charge in [-0.3, -0.25) is 4.90 Å². The van der Waals surface area contributed by atoms with Crippen LogP contribution in [-0.4, -0.2) is 12.3 Å². The van der Waals surface area contributed by atoms with Crippen molar-refractivity contribution < 1.29 is 4.42 Å². The molecule has 5 aromatic rings. The summed E-state index contributed by atoms with van der Waals surface area (Å²) in [5.41, 5.74) is 21.1. The molecular formula is C49H57BN2O. The quantitative estimate of drug-likeness (QED) is 0.159. The number of fused-ring (bicyclic) bond motifs is 10. The van der Waals surface area contributed by atoms with Gasteiger partial charge in [0.25, 0.3) is 6.71 Å². The van der Waals surface area contributed by atoms with Gasteiger partial charge in [-0.1, -0.05) is 92.0 Å². The minimum Gasteiger partial charge on any atom is -0.440 e. The zero-order valence-electron chi connectivity index (χ0n) is 34.3. The fraction of sp³-hybridized carbons (Fsp3) is 0.469. The molecule has 3 aliphatic heterocycles. The second kappa shape index (κ2) is 10.2. The van der Waals surface area contributed by atoms with Crippen molar-refractivity contribution in [3.63, 3.8) is 0 Å². The van der Waals surface area contributed by atoms with Crippen molar-refractivity contribution in [1.29, 1.82) is 0 Å². The normalized spacial score (nSPS) is 24.5. The molecular weight excluding hydrogens is 643 g/mol. The van der Waals surface area contributed by atoms with Gasteiger partial charge in [0.05, 0.1) is 5.54 Å². The molecule has 3 nitrogen and oxygen atoms in total. The third-order valence-corrected chi connectivity index (χ3v) is 15.3. The van der Waals surface area contributed by atoms with E-state index < -0.39 is 0 Å². The van der Waals surface area contributed by atoms with Crippen molar-refractivity contribution in [2.75, 3.05) is 9.80 Å². The highest BCUT2D eigenvalue weighted by atomic mass is 16.4. The van der Waals surface area contributed by atoms with Gasteiger partial charge >= 0.3 is 0 Å². The molecule has 0 saturated heterocycles. The van der Waals surface area contributed by atoms with Gasteiger partial charge in [-0.25, -0.2) is 0 Å². The Kier molecular flexibility index (Phi) is 6.49. The van der Waals surface area contributed by atoms with E-state index in [9.17, 15) is 0 Å². The Hall–Kier alpha value is -3.92. The topological polar surface area (TPSA) is 19.6 Å². The van der Waals surface area contributed by atoms with Crippen LogP contribution in [-0.2, 0) is 21.7 Å². The Morgan fingerprint density at radius 1 is 0.679 bits per heavy atom. The predicted octanol–water partition coefficient (Wildman–Crippen LogP) is 11.4. The first kappa shape index (κ1) is 33.6. The highest BCUT2D eigenvalue weighted by molar-refractivity contribution is 7.01. The second-order valence-electron chi connectivity index (χ2n) is 20.6. The summed E-state index contributed by atoms with van der Waals surface area (Å²) in [6.45, 7) is 29.0. The minimum absolute atomic E-state index is 0.0000276. The summed E-state index contributed by atoms with van der Waals surface area (Å²) in [4.78, 5) is 5.37. The van der Waals surface area contributed by atoms with Crippen molar-refractivity contribution >= 4 is 62.7 Å². The molecule has 1 saturated carbocycles. The highest BCUT2D eigenvalue weighted by Crippen LogP contribution is 2.63. The van der Waals surface area contributed by atoms with E-state index in [-0.39, 0.29) is 33.9 Å². The molecule has 1 aromatic heterocycles. The van der Waals surface area contributed by atoms with E-state index in [4.69, 9.17) is 4.42 Å². The maximum Gasteiger partial charge on any atom is 0.257 e. The first-order valence-electron chi connectivity index (χ1n) is 20.5. The smallest absolute Gasteiger partial charge is 0.257 e. The molecule has 0 bridgehead atoms. The van der Waals surface area contributed by atoms with Gasteiger partial charge in [-0.05, 0) is 150 Å². The molecule has 5 aliphatic rings. The summed E-state index contributed by atoms with van der Waals surface area (Å²) in [5, 5.41) is 1.29. The third kappa shape index (κ3) is 4.14. The molecule has 0 spiro atoms. The number of anilines is 5. The summed E-state index contributed by atoms with van der Waals surface area (Å²) in [7, 11) is 0. The first-order chi connectivity index (χ1) is 24.9. The fourth-order valence-corrected chi connectivity index (χ4v) is 12.1. The Morgan fingerprint density at radius 3 is 2.00 bits per heavy atom. The van der Waals surface area contributed by atoms with Crippen LogP contribution in [0.3, 0.4) is 0 Å². The second-order valence-corrected chi connectivity index (χ2v) is 20.6. The number of rotatable bonds is 1. The molecule has 10 rings (SSSR count). The zero-order chi connectivity index (χ0) is 37.4. The van der Waals surface area contributed by atoms with Crippen LogP contribution in [0.2, 0.25) is 0 Å². The highest BCUT2D eigenvalue weighted by Gasteiger charge is 2.62. The minimum atomic E-state index is 0.0000276. The molecule has 0 N–H and O–H groups in total. The summed E-state index contributed by atoms with van der Waals surface area (Å²) < 4.78 is 7.37. The molecule has 2 aliphatic carbocycles. The van der Waals surface area contributed by atoms with Gasteiger partial charge in [-0.2, -0.15) is 0 Å². The number of hydrogen-bond donors (Lipinski definition) is 0. The molecule has 4 aromatic carbocycles. The van der Waals surface area contributed by atoms with Crippen LogP contribution in [0.1, 0.15) is 140 Å². The maximum absolute atomic E-state index is 7.37. The van der Waals surface area contributed by atoms with Crippen LogP contribution in [0.25, 0.3) is 11.0 Å². The summed E-state index contributed by atoms with van der Waals surface area (Å²) in [5.74, 6) is 0.991. The lowest BCUT2D eigenvalue weighted by Gasteiger charge is -2.52. The Labute approximate surface area is 318 Å². The summed E-state index contributed by atoms with van der Waals surface area (Å²) >= 11 is 0. The lowest BCUT2D eigenvalue weighted by molar-refractivity contribution is 0.194. The summed E-state index contributed by atoms with van der Waals surface area (Å²) in [6, 6.07) is 21.9. The molecule has 272 valence electrons. The van der Waals surface area contributed by atoms with E-state index >= 15 is 0 Å². The summed E-state index contributed by atoms with van der Waals surface area (Å²) in [6.07, 6.45) is 7.39. The van der Waals surface area contributed by atoms with Gasteiger partial charge in [0, 0.05) is 39.0 Å². The molecule has 0 radical (unpaired) electrons. The number of nitrogens with zero attached hydrogens (tertiary/aromatic N) is 2. The van der Waals surface area contributed by atoms with Gasteiger partial charge < -0.3 is 9.32 Å². The molecule has 0 amide bonds. The van der Waals surface area contributed by atoms with E-state index in [0.29, 0.717) is 0 Å². The number of furan rings is 1. The zero-order valence-corrected chi connectivity index (χ0v) is 34.3. The molecule has 4 heteroatoms. The first-order valence-corrected chi connectivity index (χ1v) is 20.5. The van der Waals surface area contributed by atoms with E-state index in [1.165, 1.54) is 111 Å². The van der Waals surface area contributed by atoms with Crippen molar-refractivity contribution in [3.8, 4) is 0 Å². The molecule has 53 heavy (non-hydrogen) atoms. The third-order valence-electron chi connectivity index (χ3n) is 15.3. The van der Waals surface area contributed by atoms with Crippen LogP contribution in [0.4, 0.5) is 28.6 Å². The van der Waals surface area contributed by atoms with Gasteiger partial charge in [0.15, 0.2) is 0 Å². The largest absolute Gasteiger partial charge is 0.440 e. The monoisotopic (exact) mass is 700 g/mol. The Balaban J connectivity index is 1.36. The molecule has 1 fully saturated rings. The Morgan fingerprint density at radius 2 is 1.32 bits per heavy atom. The predicted molar refractivity (Wildman–Crippen MR) is 227 cm³/mol. The van der Waals surface area contributed by atoms with Crippen molar-refractivity contribution in [3.05, 3.63) is 93.5 Å². The average molecular weight is 701 g/mol. The standard InChI is InChI=1S/C49H57BN2O/c1-28-23-36-42-37(24-28)52-43-39(48(11)19-13-14-20-49(48,52)12)29(2)25-30(3)40(43)50(42)41-33-26-34-35(47(9,10)22-21-46(34,7)8)27-38(33)53-44(41)51(36)32-17-15-31(16-18-32)45(4,5)6/h15-18,23-27H,13-14,19-22H2,1-12H3. The van der Waals surface area contributed by atoms with Gasteiger partial charge in [0.2, 0.25) is 5.88 Å². The maximum atomic E-state index is 7.37. The molecule has 2 unspecified atom stereocenters. The van der Waals surface area contributed by atoms with E-state index in [0.717, 1.165) is 17.2 Å². The van der Waals surface area contributed by atoms with Crippen LogP contribution in [0.5, 0.6) is 0 Å². The number of aryl methyl sites for hydroxylation is 3. The lowest BCUT2D eigenvalue weighted by atomic mass is 9.32. The van der Waals surface area contributed by atoms with E-state index in [1.807, 2.05) is 0 Å². The van der Waals surface area contributed by atoms with Crippen LogP contribution >= 0.6 is 0 Å². The van der Waals surface area contributed by atoms with E-state index in [2.05, 4.69) is 147 Å². The van der Waals surface area contributed by atoms with Gasteiger partial charge in [0.1, 0.15) is 5.58 Å². The molecule has 4 heterocycles. The van der Waals surface area contributed by atoms with Crippen molar-refractivity contribution in [2.24, 2.45) is 0 Å². The van der Waals surface area contributed by atoms with Crippen LogP contribution < -0.4 is 26.2 Å². The number of benzene rings is 4. The van der Waals surface area contributed by atoms with Crippen molar-refractivity contribution in [1.82, 2.24) is 0 Å². The molecule has 2 atom stereocenters. The SMILES string of the molecule is Cc1cc2c3c(c1)N1c4c(c(C)cc(C)c4C4(C)CCCCC14C)B3c1c(oc3cc4c(cc13)C(C)(C)CCC4(C)C)N2c1ccc(C(C)(C)C)cc1. The van der Waals surface area contributed by atoms with Crippen LogP contribution in [0, 0.1) is 20.8 Å². The van der Waals surface area contributed by atoms with Crippen molar-refractivity contribution in [2.45, 2.75) is 149 Å². The number of hydrogen-bond acceptors (Lipinski definition) is 3. The van der Waals surface area contributed by atoms with Gasteiger partial charge in [-0.15, -0.1) is 0 Å².